The molecule has 1 saturated carbocycles. The minimum atomic E-state index is -0.0608. The van der Waals surface area contributed by atoms with Gasteiger partial charge in [0.05, 0.1) is 12.2 Å². The number of aliphatic hydroxyl groups excluding tert-OH is 1. The van der Waals surface area contributed by atoms with Crippen LogP contribution in [0.5, 0.6) is 0 Å². The molecule has 0 aromatic heterocycles. The molecule has 2 rings (SSSR count). The predicted octanol–water partition coefficient (Wildman–Crippen LogP) is 1.69. The molecule has 1 heterocycles. The lowest BCUT2D eigenvalue weighted by Crippen LogP contribution is -2.41. The highest BCUT2D eigenvalue weighted by Gasteiger charge is 2.27. The first-order valence-electron chi connectivity index (χ1n) is 6.82. The highest BCUT2D eigenvalue weighted by atomic mass is 16.5. The lowest BCUT2D eigenvalue weighted by Gasteiger charge is -2.30. The minimum absolute atomic E-state index is 0.0608. The van der Waals surface area contributed by atoms with Gasteiger partial charge in [-0.3, -0.25) is 0 Å². The molecule has 2 fully saturated rings. The summed E-state index contributed by atoms with van der Waals surface area (Å²) in [7, 11) is 0. The first-order valence-corrected chi connectivity index (χ1v) is 6.82. The van der Waals surface area contributed by atoms with E-state index in [1.165, 1.54) is 12.8 Å². The average Bonchev–Trinajstić information content (AvgIpc) is 2.72. The van der Waals surface area contributed by atoms with Gasteiger partial charge < -0.3 is 15.2 Å². The van der Waals surface area contributed by atoms with Crippen molar-refractivity contribution in [2.75, 3.05) is 13.2 Å². The maximum absolute atomic E-state index is 9.75. The van der Waals surface area contributed by atoms with E-state index in [9.17, 15) is 5.11 Å². The third-order valence-electron chi connectivity index (χ3n) is 4.11. The highest BCUT2D eigenvalue weighted by molar-refractivity contribution is 4.82. The summed E-state index contributed by atoms with van der Waals surface area (Å²) in [6, 6.07) is 0.603. The molecule has 0 aromatic carbocycles. The Kier molecular flexibility index (Phi) is 4.62. The fourth-order valence-corrected chi connectivity index (χ4v) is 2.92. The summed E-state index contributed by atoms with van der Waals surface area (Å²) >= 11 is 0. The van der Waals surface area contributed by atoms with Gasteiger partial charge in [0.15, 0.2) is 0 Å². The van der Waals surface area contributed by atoms with Crippen LogP contribution in [0, 0.1) is 5.92 Å². The minimum Gasteiger partial charge on any atom is -0.393 e. The quantitative estimate of drug-likeness (QED) is 0.768. The fraction of sp³-hybridized carbons (Fsp3) is 1.00. The van der Waals surface area contributed by atoms with Crippen molar-refractivity contribution in [1.82, 2.24) is 5.32 Å². The molecule has 0 aromatic rings. The number of rotatable bonds is 4. The standard InChI is InChI=1S/C13H25NO2/c1-2-12-8-11(6-7-16-12)14-9-10-4-3-5-13(10)15/h10-15H,2-9H2,1H3. The summed E-state index contributed by atoms with van der Waals surface area (Å²) in [5, 5.41) is 13.4. The van der Waals surface area contributed by atoms with Gasteiger partial charge in [0.1, 0.15) is 0 Å². The molecule has 1 aliphatic heterocycles. The van der Waals surface area contributed by atoms with Crippen LogP contribution in [0.4, 0.5) is 0 Å². The van der Waals surface area contributed by atoms with E-state index in [0.29, 0.717) is 18.1 Å². The van der Waals surface area contributed by atoms with Crippen LogP contribution in [0.3, 0.4) is 0 Å². The lowest BCUT2D eigenvalue weighted by atomic mass is 10.00. The van der Waals surface area contributed by atoms with Crippen molar-refractivity contribution in [2.24, 2.45) is 5.92 Å². The smallest absolute Gasteiger partial charge is 0.0587 e. The van der Waals surface area contributed by atoms with Gasteiger partial charge in [0, 0.05) is 19.2 Å². The Bertz CT molecular complexity index is 210. The van der Waals surface area contributed by atoms with Gasteiger partial charge >= 0.3 is 0 Å². The molecule has 2 N–H and O–H groups in total. The van der Waals surface area contributed by atoms with E-state index in [4.69, 9.17) is 4.74 Å². The van der Waals surface area contributed by atoms with Crippen LogP contribution in [-0.2, 0) is 4.74 Å². The number of nitrogens with one attached hydrogen (secondary N) is 1. The van der Waals surface area contributed by atoms with Crippen LogP contribution in [0.2, 0.25) is 0 Å². The number of hydrogen-bond donors (Lipinski definition) is 2. The molecule has 0 radical (unpaired) electrons. The third-order valence-corrected chi connectivity index (χ3v) is 4.11. The van der Waals surface area contributed by atoms with E-state index < -0.39 is 0 Å². The van der Waals surface area contributed by atoms with Gasteiger partial charge in [0.25, 0.3) is 0 Å². The zero-order chi connectivity index (χ0) is 11.4. The molecule has 1 saturated heterocycles. The van der Waals surface area contributed by atoms with E-state index in [0.717, 1.165) is 38.8 Å². The van der Waals surface area contributed by atoms with Crippen LogP contribution in [0.1, 0.15) is 45.4 Å². The van der Waals surface area contributed by atoms with Gasteiger partial charge in [-0.1, -0.05) is 13.3 Å². The van der Waals surface area contributed by atoms with Crippen molar-refractivity contribution in [1.29, 1.82) is 0 Å². The van der Waals surface area contributed by atoms with Gasteiger partial charge in [-0.2, -0.15) is 0 Å². The van der Waals surface area contributed by atoms with Crippen molar-refractivity contribution < 1.29 is 9.84 Å². The lowest BCUT2D eigenvalue weighted by molar-refractivity contribution is -0.00151. The molecule has 4 atom stereocenters. The van der Waals surface area contributed by atoms with Gasteiger partial charge in [0.2, 0.25) is 0 Å². The second-order valence-corrected chi connectivity index (χ2v) is 5.29. The van der Waals surface area contributed by atoms with Crippen molar-refractivity contribution in [3.8, 4) is 0 Å². The Hall–Kier alpha value is -0.120. The van der Waals surface area contributed by atoms with E-state index >= 15 is 0 Å². The number of hydrogen-bond acceptors (Lipinski definition) is 3. The second kappa shape index (κ2) is 5.99. The van der Waals surface area contributed by atoms with Crippen molar-refractivity contribution >= 4 is 0 Å². The van der Waals surface area contributed by atoms with Crippen LogP contribution >= 0.6 is 0 Å². The Labute approximate surface area is 98.6 Å². The fourth-order valence-electron chi connectivity index (χ4n) is 2.92. The maximum Gasteiger partial charge on any atom is 0.0587 e. The SMILES string of the molecule is CCC1CC(NCC2CCCC2O)CCO1. The highest BCUT2D eigenvalue weighted by Crippen LogP contribution is 2.25. The molecule has 0 amide bonds. The van der Waals surface area contributed by atoms with Crippen LogP contribution in [0.25, 0.3) is 0 Å². The molecular weight excluding hydrogens is 202 g/mol. The van der Waals surface area contributed by atoms with Gasteiger partial charge in [-0.05, 0) is 38.0 Å². The van der Waals surface area contributed by atoms with Gasteiger partial charge in [-0.25, -0.2) is 0 Å². The monoisotopic (exact) mass is 227 g/mol. The Morgan fingerprint density at radius 3 is 2.88 bits per heavy atom. The second-order valence-electron chi connectivity index (χ2n) is 5.29. The summed E-state index contributed by atoms with van der Waals surface area (Å²) in [4.78, 5) is 0. The predicted molar refractivity (Wildman–Crippen MR) is 64.4 cm³/mol. The molecule has 1 aliphatic carbocycles. The first kappa shape index (κ1) is 12.3. The summed E-state index contributed by atoms with van der Waals surface area (Å²) in [6.07, 6.45) is 7.14. The molecule has 2 aliphatic rings. The van der Waals surface area contributed by atoms with Gasteiger partial charge in [-0.15, -0.1) is 0 Å². The molecule has 16 heavy (non-hydrogen) atoms. The Morgan fingerprint density at radius 2 is 2.19 bits per heavy atom. The zero-order valence-corrected chi connectivity index (χ0v) is 10.3. The largest absolute Gasteiger partial charge is 0.393 e. The molecule has 94 valence electrons. The third kappa shape index (κ3) is 3.19. The number of aliphatic hydroxyl groups is 1. The first-order chi connectivity index (χ1) is 7.79. The average molecular weight is 227 g/mol. The molecule has 3 nitrogen and oxygen atoms in total. The normalized spacial score (nSPS) is 40.1. The summed E-state index contributed by atoms with van der Waals surface area (Å²) < 4.78 is 5.66. The maximum atomic E-state index is 9.75. The molecule has 3 heteroatoms. The van der Waals surface area contributed by atoms with E-state index in [2.05, 4.69) is 12.2 Å². The summed E-state index contributed by atoms with van der Waals surface area (Å²) in [5.74, 6) is 0.489. The van der Waals surface area contributed by atoms with E-state index in [1.54, 1.807) is 0 Å². The Morgan fingerprint density at radius 1 is 1.31 bits per heavy atom. The van der Waals surface area contributed by atoms with Crippen LogP contribution in [-0.4, -0.2) is 36.5 Å². The van der Waals surface area contributed by atoms with Crippen molar-refractivity contribution in [3.05, 3.63) is 0 Å². The van der Waals surface area contributed by atoms with Crippen molar-refractivity contribution in [3.63, 3.8) is 0 Å². The van der Waals surface area contributed by atoms with Crippen molar-refractivity contribution in [2.45, 2.75) is 63.7 Å². The summed E-state index contributed by atoms with van der Waals surface area (Å²) in [6.45, 7) is 4.07. The molecule has 4 unspecified atom stereocenters. The van der Waals surface area contributed by atoms with E-state index in [1.807, 2.05) is 0 Å². The zero-order valence-electron chi connectivity index (χ0n) is 10.3. The number of ether oxygens (including phenoxy) is 1. The molecule has 0 bridgehead atoms. The molecule has 0 spiro atoms. The van der Waals surface area contributed by atoms with Crippen LogP contribution in [0.15, 0.2) is 0 Å². The topological polar surface area (TPSA) is 41.5 Å². The molecular formula is C13H25NO2. The van der Waals surface area contributed by atoms with E-state index in [-0.39, 0.29) is 6.10 Å². The summed E-state index contributed by atoms with van der Waals surface area (Å²) in [5.41, 5.74) is 0. The van der Waals surface area contributed by atoms with Crippen LogP contribution < -0.4 is 5.32 Å². The Balaban J connectivity index is 1.68.